The molecule has 0 spiro atoms. The molecule has 3 heterocycles. The Balaban J connectivity index is 1.60. The molecule has 1 N–H and O–H groups in total. The Bertz CT molecular complexity index is 1360. The van der Waals surface area contributed by atoms with E-state index in [1.807, 2.05) is 6.07 Å². The van der Waals surface area contributed by atoms with Crippen LogP contribution in [-0.2, 0) is 28.5 Å². The highest BCUT2D eigenvalue weighted by Crippen LogP contribution is 2.41. The Morgan fingerprint density at radius 1 is 1.41 bits per heavy atom. The second kappa shape index (κ2) is 11.0. The number of nitrogens with one attached hydrogen (secondary N) is 1. The zero-order chi connectivity index (χ0) is 26.7. The van der Waals surface area contributed by atoms with Crippen LogP contribution >= 0.6 is 23.1 Å². The van der Waals surface area contributed by atoms with Gasteiger partial charge >= 0.3 is 12.1 Å². The van der Waals surface area contributed by atoms with Gasteiger partial charge in [0.1, 0.15) is 27.6 Å². The first-order valence-corrected chi connectivity index (χ1v) is 13.2. The van der Waals surface area contributed by atoms with Gasteiger partial charge in [0.2, 0.25) is 5.91 Å². The van der Waals surface area contributed by atoms with Gasteiger partial charge in [0.25, 0.3) is 0 Å². The number of nitrogens with zero attached hydrogens (tertiary/aromatic N) is 2. The van der Waals surface area contributed by atoms with Crippen LogP contribution in [0.4, 0.5) is 18.2 Å². The highest BCUT2D eigenvalue weighted by molar-refractivity contribution is 8.00. The van der Waals surface area contributed by atoms with Crippen molar-refractivity contribution in [3.63, 3.8) is 0 Å². The van der Waals surface area contributed by atoms with E-state index in [1.165, 1.54) is 29.7 Å². The fourth-order valence-electron chi connectivity index (χ4n) is 4.06. The van der Waals surface area contributed by atoms with Gasteiger partial charge in [-0.05, 0) is 55.9 Å². The lowest BCUT2D eigenvalue weighted by atomic mass is 9.88. The maximum Gasteiger partial charge on any atom is 0.433 e. The van der Waals surface area contributed by atoms with Gasteiger partial charge in [-0.3, -0.25) is 4.79 Å². The third-order valence-electron chi connectivity index (χ3n) is 5.76. The predicted molar refractivity (Wildman–Crippen MR) is 132 cm³/mol. The molecular formula is C25H22F3N3O4S2. The molecule has 0 fully saturated rings. The van der Waals surface area contributed by atoms with E-state index in [2.05, 4.69) is 17.2 Å². The monoisotopic (exact) mass is 549 g/mol. The number of aromatic nitrogens is 1. The number of amides is 1. The Morgan fingerprint density at radius 2 is 2.19 bits per heavy atom. The maximum absolute atomic E-state index is 13.5. The zero-order valence-electron chi connectivity index (χ0n) is 19.9. The lowest BCUT2D eigenvalue weighted by Crippen LogP contribution is -2.18. The third-order valence-corrected chi connectivity index (χ3v) is 7.90. The molecule has 1 atom stereocenters. The van der Waals surface area contributed by atoms with Gasteiger partial charge in [0, 0.05) is 10.4 Å². The van der Waals surface area contributed by atoms with Gasteiger partial charge in [-0.25, -0.2) is 9.78 Å². The van der Waals surface area contributed by atoms with Crippen molar-refractivity contribution < 1.29 is 31.9 Å². The molecule has 37 heavy (non-hydrogen) atoms. The number of rotatable bonds is 7. The second-order valence-corrected chi connectivity index (χ2v) is 10.5. The summed E-state index contributed by atoms with van der Waals surface area (Å²) in [5.74, 6) is -0.882. The molecule has 0 aromatic carbocycles. The standard InChI is InChI=1S/C25H22F3N3O4S2/c1-3-34-24(33)21-14-7-6-13(2)9-18(14)37-23(21)31-20(32)12-36-22-16(11-29)15(17-5-4-8-35-17)10-19(30-22)25(26,27)28/h4-5,8,10,13H,3,6-7,9,12H2,1-2H3,(H,31,32)/t13-/m0/s1. The van der Waals surface area contributed by atoms with E-state index in [-0.39, 0.29) is 34.3 Å². The Morgan fingerprint density at radius 3 is 2.84 bits per heavy atom. The second-order valence-electron chi connectivity index (χ2n) is 8.44. The molecule has 1 aliphatic carbocycles. The molecule has 194 valence electrons. The van der Waals surface area contributed by atoms with Crippen LogP contribution in [0.15, 0.2) is 33.9 Å². The number of pyridine rings is 1. The number of thioether (sulfide) groups is 1. The highest BCUT2D eigenvalue weighted by atomic mass is 32.2. The Kier molecular flexibility index (Phi) is 7.94. The number of alkyl halides is 3. The molecule has 1 amide bonds. The van der Waals surface area contributed by atoms with E-state index in [4.69, 9.17) is 9.15 Å². The van der Waals surface area contributed by atoms with Crippen molar-refractivity contribution in [3.8, 4) is 17.4 Å². The van der Waals surface area contributed by atoms with Crippen molar-refractivity contribution in [2.75, 3.05) is 17.7 Å². The molecule has 3 aromatic heterocycles. The minimum Gasteiger partial charge on any atom is -0.464 e. The molecule has 0 unspecified atom stereocenters. The first-order chi connectivity index (χ1) is 17.6. The van der Waals surface area contributed by atoms with Crippen LogP contribution < -0.4 is 5.32 Å². The number of nitriles is 1. The number of hydrogen-bond donors (Lipinski definition) is 1. The first-order valence-electron chi connectivity index (χ1n) is 11.4. The zero-order valence-corrected chi connectivity index (χ0v) is 21.5. The molecule has 0 saturated carbocycles. The highest BCUT2D eigenvalue weighted by Gasteiger charge is 2.35. The van der Waals surface area contributed by atoms with Gasteiger partial charge in [0.15, 0.2) is 0 Å². The minimum atomic E-state index is -4.77. The lowest BCUT2D eigenvalue weighted by Gasteiger charge is -2.18. The average Bonchev–Trinajstić information content (AvgIpc) is 3.49. The predicted octanol–water partition coefficient (Wildman–Crippen LogP) is 6.33. The SMILES string of the molecule is CCOC(=O)c1c(NC(=O)CSc2nc(C(F)(F)F)cc(-c3ccco3)c2C#N)sc2c1CC[C@H](C)C2. The number of carbonyl (C=O) groups excluding carboxylic acids is 2. The molecular weight excluding hydrogens is 527 g/mol. The van der Waals surface area contributed by atoms with Gasteiger partial charge in [-0.2, -0.15) is 18.4 Å². The van der Waals surface area contributed by atoms with E-state index < -0.39 is 23.7 Å². The van der Waals surface area contributed by atoms with Gasteiger partial charge in [0.05, 0.1) is 29.7 Å². The summed E-state index contributed by atoms with van der Waals surface area (Å²) < 4.78 is 51.0. The average molecular weight is 550 g/mol. The van der Waals surface area contributed by atoms with Crippen molar-refractivity contribution in [2.24, 2.45) is 5.92 Å². The van der Waals surface area contributed by atoms with Crippen molar-refractivity contribution in [2.45, 2.75) is 44.3 Å². The minimum absolute atomic E-state index is 0.0672. The number of fused-ring (bicyclic) bond motifs is 1. The van der Waals surface area contributed by atoms with E-state index >= 15 is 0 Å². The van der Waals surface area contributed by atoms with Gasteiger partial charge in [-0.15, -0.1) is 11.3 Å². The summed E-state index contributed by atoms with van der Waals surface area (Å²) in [6.07, 6.45) is -1.09. The van der Waals surface area contributed by atoms with E-state index in [1.54, 1.807) is 6.92 Å². The molecule has 3 aromatic rings. The van der Waals surface area contributed by atoms with Crippen LogP contribution in [0.25, 0.3) is 11.3 Å². The smallest absolute Gasteiger partial charge is 0.433 e. The normalized spacial score (nSPS) is 15.1. The molecule has 0 bridgehead atoms. The molecule has 0 saturated heterocycles. The number of esters is 1. The summed E-state index contributed by atoms with van der Waals surface area (Å²) in [6, 6.07) is 5.56. The van der Waals surface area contributed by atoms with E-state index in [0.29, 0.717) is 34.7 Å². The molecule has 7 nitrogen and oxygen atoms in total. The summed E-state index contributed by atoms with van der Waals surface area (Å²) in [6.45, 7) is 3.99. The number of anilines is 1. The van der Waals surface area contributed by atoms with Crippen molar-refractivity contribution in [1.29, 1.82) is 5.26 Å². The van der Waals surface area contributed by atoms with Crippen LogP contribution in [0.5, 0.6) is 0 Å². The summed E-state index contributed by atoms with van der Waals surface area (Å²) in [7, 11) is 0. The molecule has 1 aliphatic rings. The largest absolute Gasteiger partial charge is 0.464 e. The maximum atomic E-state index is 13.5. The van der Waals surface area contributed by atoms with Gasteiger partial charge < -0.3 is 14.5 Å². The summed E-state index contributed by atoms with van der Waals surface area (Å²) in [4.78, 5) is 30.2. The number of ether oxygens (including phenoxy) is 1. The molecule has 4 rings (SSSR count). The van der Waals surface area contributed by atoms with Crippen LogP contribution in [0.1, 0.15) is 52.3 Å². The number of furan rings is 1. The topological polar surface area (TPSA) is 105 Å². The van der Waals surface area contributed by atoms with Crippen LogP contribution in [0, 0.1) is 17.2 Å². The molecule has 0 aliphatic heterocycles. The quantitative estimate of drug-likeness (QED) is 0.271. The third kappa shape index (κ3) is 5.83. The van der Waals surface area contributed by atoms with Crippen molar-refractivity contribution >= 4 is 40.0 Å². The molecule has 12 heteroatoms. The number of thiophene rings is 1. The summed E-state index contributed by atoms with van der Waals surface area (Å²) >= 11 is 2.01. The van der Waals surface area contributed by atoms with Crippen LogP contribution in [0.2, 0.25) is 0 Å². The van der Waals surface area contributed by atoms with E-state index in [0.717, 1.165) is 29.3 Å². The fraction of sp³-hybridized carbons (Fsp3) is 0.360. The number of hydrogen-bond acceptors (Lipinski definition) is 8. The van der Waals surface area contributed by atoms with Gasteiger partial charge in [-0.1, -0.05) is 18.7 Å². The Hall–Kier alpha value is -3.30. The van der Waals surface area contributed by atoms with Crippen LogP contribution in [-0.4, -0.2) is 29.2 Å². The fourth-order valence-corrected chi connectivity index (χ4v) is 6.28. The van der Waals surface area contributed by atoms with Crippen LogP contribution in [0.3, 0.4) is 0 Å². The van der Waals surface area contributed by atoms with E-state index in [9.17, 15) is 28.0 Å². The number of carbonyl (C=O) groups is 2. The summed E-state index contributed by atoms with van der Waals surface area (Å²) in [5, 5.41) is 12.5. The lowest BCUT2D eigenvalue weighted by molar-refractivity contribution is -0.141. The first kappa shape index (κ1) is 26.8. The van der Waals surface area contributed by atoms with Crippen molar-refractivity contribution in [3.05, 3.63) is 51.7 Å². The summed E-state index contributed by atoms with van der Waals surface area (Å²) in [5.41, 5.74) is -0.192. The van der Waals surface area contributed by atoms with Crippen molar-refractivity contribution in [1.82, 2.24) is 4.98 Å². The molecule has 0 radical (unpaired) electrons. The Labute approximate surface area is 219 Å². The number of halogens is 3.